The molecule has 1 unspecified atom stereocenters. The van der Waals surface area contributed by atoms with E-state index >= 15 is 0 Å². The zero-order valence-electron chi connectivity index (χ0n) is 14.8. The van der Waals surface area contributed by atoms with Crippen LogP contribution in [-0.2, 0) is 9.59 Å². The number of hydrogen-bond donors (Lipinski definition) is 0. The molecule has 6 nitrogen and oxygen atoms in total. The molecule has 7 heteroatoms. The molecule has 136 valence electrons. The van der Waals surface area contributed by atoms with Crippen LogP contribution in [0.2, 0.25) is 0 Å². The minimum absolute atomic E-state index is 0.0358. The molecule has 2 aliphatic heterocycles. The molecule has 3 heterocycles. The largest absolute Gasteiger partial charge is 0.345 e. The second kappa shape index (κ2) is 7.07. The third-order valence-electron chi connectivity index (χ3n) is 5.10. The molecule has 2 saturated heterocycles. The Bertz CT molecular complexity index is 782. The molecule has 0 spiro atoms. The van der Waals surface area contributed by atoms with Crippen molar-refractivity contribution in [3.05, 3.63) is 41.4 Å². The Hall–Kier alpha value is -2.41. The van der Waals surface area contributed by atoms with Gasteiger partial charge in [0, 0.05) is 56.4 Å². The Kier molecular flexibility index (Phi) is 4.63. The van der Waals surface area contributed by atoms with Crippen LogP contribution in [0.1, 0.15) is 12.0 Å². The number of carbonyl (C=O) groups is 2. The number of anilines is 2. The molecule has 2 amide bonds. The number of hydrogen-bond acceptors (Lipinski definition) is 5. The lowest BCUT2D eigenvalue weighted by Crippen LogP contribution is -2.50. The van der Waals surface area contributed by atoms with Gasteiger partial charge in [0.15, 0.2) is 5.13 Å². The Morgan fingerprint density at radius 3 is 2.54 bits per heavy atom. The van der Waals surface area contributed by atoms with E-state index in [0.29, 0.717) is 26.1 Å². The SMILES string of the molecule is Cc1ccc(N2CC(C(=O)N3CCN(c4nccs4)CC3)CC2=O)cc1. The summed E-state index contributed by atoms with van der Waals surface area (Å²) in [4.78, 5) is 35.5. The summed E-state index contributed by atoms with van der Waals surface area (Å²) >= 11 is 1.62. The van der Waals surface area contributed by atoms with Crippen LogP contribution in [0.4, 0.5) is 10.8 Å². The minimum atomic E-state index is -0.241. The molecule has 26 heavy (non-hydrogen) atoms. The average molecular weight is 370 g/mol. The van der Waals surface area contributed by atoms with Gasteiger partial charge in [-0.25, -0.2) is 4.98 Å². The van der Waals surface area contributed by atoms with Crippen molar-refractivity contribution in [2.24, 2.45) is 5.92 Å². The minimum Gasteiger partial charge on any atom is -0.345 e. The van der Waals surface area contributed by atoms with E-state index in [2.05, 4.69) is 9.88 Å². The fourth-order valence-corrected chi connectivity index (χ4v) is 4.29. The Balaban J connectivity index is 1.37. The second-order valence-corrected chi connectivity index (χ2v) is 7.74. The van der Waals surface area contributed by atoms with E-state index in [1.807, 2.05) is 41.5 Å². The number of aromatic nitrogens is 1. The normalized spacial score (nSPS) is 20.7. The van der Waals surface area contributed by atoms with E-state index in [1.165, 1.54) is 0 Å². The molecule has 0 N–H and O–H groups in total. The summed E-state index contributed by atoms with van der Waals surface area (Å²) in [6, 6.07) is 7.89. The van der Waals surface area contributed by atoms with Crippen molar-refractivity contribution < 1.29 is 9.59 Å². The lowest BCUT2D eigenvalue weighted by molar-refractivity contribution is -0.136. The predicted octanol–water partition coefficient (Wildman–Crippen LogP) is 2.15. The number of aryl methyl sites for hydroxylation is 1. The summed E-state index contributed by atoms with van der Waals surface area (Å²) in [5, 5.41) is 2.98. The van der Waals surface area contributed by atoms with Gasteiger partial charge in [-0.15, -0.1) is 11.3 Å². The molecule has 2 fully saturated rings. The highest BCUT2D eigenvalue weighted by Crippen LogP contribution is 2.27. The quantitative estimate of drug-likeness (QED) is 0.831. The van der Waals surface area contributed by atoms with Crippen LogP contribution >= 0.6 is 11.3 Å². The first-order chi connectivity index (χ1) is 12.6. The van der Waals surface area contributed by atoms with Crippen molar-refractivity contribution in [2.75, 3.05) is 42.5 Å². The van der Waals surface area contributed by atoms with E-state index < -0.39 is 0 Å². The monoisotopic (exact) mass is 370 g/mol. The zero-order chi connectivity index (χ0) is 18.1. The van der Waals surface area contributed by atoms with E-state index in [9.17, 15) is 9.59 Å². The maximum Gasteiger partial charge on any atom is 0.228 e. The van der Waals surface area contributed by atoms with Crippen LogP contribution < -0.4 is 9.80 Å². The van der Waals surface area contributed by atoms with Crippen molar-refractivity contribution in [1.82, 2.24) is 9.88 Å². The summed E-state index contributed by atoms with van der Waals surface area (Å²) < 4.78 is 0. The number of thiazole rings is 1. The number of rotatable bonds is 3. The highest BCUT2D eigenvalue weighted by molar-refractivity contribution is 7.13. The number of benzene rings is 1. The van der Waals surface area contributed by atoms with Crippen LogP contribution in [0.25, 0.3) is 0 Å². The Morgan fingerprint density at radius 2 is 1.88 bits per heavy atom. The van der Waals surface area contributed by atoms with Crippen LogP contribution in [0.15, 0.2) is 35.8 Å². The van der Waals surface area contributed by atoms with Gasteiger partial charge in [0.1, 0.15) is 0 Å². The molecular weight excluding hydrogens is 348 g/mol. The van der Waals surface area contributed by atoms with Crippen LogP contribution in [0.3, 0.4) is 0 Å². The van der Waals surface area contributed by atoms with E-state index in [4.69, 9.17) is 0 Å². The summed E-state index contributed by atoms with van der Waals surface area (Å²) in [5.41, 5.74) is 2.04. The number of amides is 2. The molecule has 0 aliphatic carbocycles. The molecule has 1 aromatic heterocycles. The fraction of sp³-hybridized carbons (Fsp3) is 0.421. The van der Waals surface area contributed by atoms with Gasteiger partial charge >= 0.3 is 0 Å². The van der Waals surface area contributed by atoms with Crippen molar-refractivity contribution in [1.29, 1.82) is 0 Å². The average Bonchev–Trinajstić information content (AvgIpc) is 3.32. The molecule has 0 bridgehead atoms. The highest BCUT2D eigenvalue weighted by Gasteiger charge is 2.38. The molecule has 1 aromatic carbocycles. The van der Waals surface area contributed by atoms with Crippen molar-refractivity contribution in [3.8, 4) is 0 Å². The fourth-order valence-electron chi connectivity index (χ4n) is 3.60. The second-order valence-electron chi connectivity index (χ2n) is 6.87. The van der Waals surface area contributed by atoms with Crippen LogP contribution in [0.5, 0.6) is 0 Å². The Labute approximate surface area is 157 Å². The molecule has 0 radical (unpaired) electrons. The smallest absolute Gasteiger partial charge is 0.228 e. The van der Waals surface area contributed by atoms with E-state index in [-0.39, 0.29) is 17.7 Å². The third-order valence-corrected chi connectivity index (χ3v) is 5.93. The summed E-state index contributed by atoms with van der Waals surface area (Å²) in [6.45, 7) is 5.46. The lowest BCUT2D eigenvalue weighted by atomic mass is 10.1. The molecular formula is C19H22N4O2S. The topological polar surface area (TPSA) is 56.8 Å². The number of nitrogens with zero attached hydrogens (tertiary/aromatic N) is 4. The van der Waals surface area contributed by atoms with Gasteiger partial charge in [-0.3, -0.25) is 9.59 Å². The van der Waals surface area contributed by atoms with Crippen molar-refractivity contribution >= 4 is 34.0 Å². The standard InChI is InChI=1S/C19H22N4O2S/c1-14-2-4-16(5-3-14)23-13-15(12-17(23)24)18(25)21-7-9-22(10-8-21)19-20-6-11-26-19/h2-6,11,15H,7-10,12-13H2,1H3. The molecule has 2 aliphatic rings. The van der Waals surface area contributed by atoms with Gasteiger partial charge in [-0.1, -0.05) is 17.7 Å². The summed E-state index contributed by atoms with van der Waals surface area (Å²) in [7, 11) is 0. The maximum absolute atomic E-state index is 12.9. The Morgan fingerprint density at radius 1 is 1.15 bits per heavy atom. The third kappa shape index (κ3) is 3.31. The molecule has 1 atom stereocenters. The van der Waals surface area contributed by atoms with Gasteiger partial charge in [-0.05, 0) is 19.1 Å². The molecule has 2 aromatic rings. The van der Waals surface area contributed by atoms with Gasteiger partial charge in [-0.2, -0.15) is 0 Å². The van der Waals surface area contributed by atoms with Crippen LogP contribution in [0, 0.1) is 12.8 Å². The number of piperazine rings is 1. The summed E-state index contributed by atoms with van der Waals surface area (Å²) in [5.74, 6) is -0.101. The van der Waals surface area contributed by atoms with Crippen molar-refractivity contribution in [3.63, 3.8) is 0 Å². The highest BCUT2D eigenvalue weighted by atomic mass is 32.1. The lowest BCUT2D eigenvalue weighted by Gasteiger charge is -2.35. The first-order valence-electron chi connectivity index (χ1n) is 8.92. The first kappa shape index (κ1) is 17.0. The first-order valence-corrected chi connectivity index (χ1v) is 9.80. The van der Waals surface area contributed by atoms with Gasteiger partial charge in [0.25, 0.3) is 0 Å². The number of carbonyl (C=O) groups excluding carboxylic acids is 2. The van der Waals surface area contributed by atoms with E-state index in [0.717, 1.165) is 29.5 Å². The van der Waals surface area contributed by atoms with Gasteiger partial charge in [0.2, 0.25) is 11.8 Å². The van der Waals surface area contributed by atoms with E-state index in [1.54, 1.807) is 22.4 Å². The maximum atomic E-state index is 12.9. The van der Waals surface area contributed by atoms with Gasteiger partial charge < -0.3 is 14.7 Å². The summed E-state index contributed by atoms with van der Waals surface area (Å²) in [6.07, 6.45) is 2.11. The van der Waals surface area contributed by atoms with Crippen molar-refractivity contribution in [2.45, 2.75) is 13.3 Å². The van der Waals surface area contributed by atoms with Crippen LogP contribution in [-0.4, -0.2) is 54.4 Å². The molecule has 0 saturated carbocycles. The molecule has 4 rings (SSSR count). The zero-order valence-corrected chi connectivity index (χ0v) is 15.6. The predicted molar refractivity (Wildman–Crippen MR) is 103 cm³/mol. The van der Waals surface area contributed by atoms with Gasteiger partial charge in [0.05, 0.1) is 5.92 Å².